The number of likely N-dealkylation sites (N-methyl/N-ethyl adjacent to an activating group) is 1. The summed E-state index contributed by atoms with van der Waals surface area (Å²) in [7, 11) is 0. The fraction of sp³-hybridized carbons (Fsp3) is 0.222. The van der Waals surface area contributed by atoms with E-state index in [4.69, 9.17) is 11.6 Å². The van der Waals surface area contributed by atoms with E-state index in [9.17, 15) is 9.59 Å². The third-order valence-electron chi connectivity index (χ3n) is 3.88. The molecule has 134 valence electrons. The van der Waals surface area contributed by atoms with Gasteiger partial charge in [0.25, 0.3) is 5.56 Å². The number of fused-ring (bicyclic) bond motifs is 1. The molecule has 0 fully saturated rings. The van der Waals surface area contributed by atoms with E-state index >= 15 is 0 Å². The number of pyridine rings is 1. The van der Waals surface area contributed by atoms with Gasteiger partial charge in [-0.2, -0.15) is 0 Å². The minimum atomic E-state index is -0.218. The number of para-hydroxylation sites is 1. The molecule has 2 heterocycles. The van der Waals surface area contributed by atoms with Gasteiger partial charge in [0.1, 0.15) is 5.82 Å². The van der Waals surface area contributed by atoms with E-state index in [2.05, 4.69) is 20.3 Å². The molecule has 0 bridgehead atoms. The SMILES string of the molecule is CCN(CC(=O)Nc1cccnc1Cl)Cc1nc2ccccc2c(=O)[nH]1. The van der Waals surface area contributed by atoms with E-state index in [1.54, 1.807) is 36.5 Å². The predicted molar refractivity (Wildman–Crippen MR) is 101 cm³/mol. The summed E-state index contributed by atoms with van der Waals surface area (Å²) in [5, 5.41) is 3.52. The normalized spacial score (nSPS) is 11.0. The molecule has 0 spiro atoms. The van der Waals surface area contributed by atoms with Gasteiger partial charge >= 0.3 is 0 Å². The second-order valence-electron chi connectivity index (χ2n) is 5.72. The van der Waals surface area contributed by atoms with Crippen LogP contribution in [0.5, 0.6) is 0 Å². The summed E-state index contributed by atoms with van der Waals surface area (Å²) in [6, 6.07) is 10.5. The third kappa shape index (κ3) is 4.25. The zero-order valence-electron chi connectivity index (χ0n) is 14.2. The van der Waals surface area contributed by atoms with Gasteiger partial charge in [-0.05, 0) is 30.8 Å². The molecule has 1 aromatic carbocycles. The van der Waals surface area contributed by atoms with Crippen LogP contribution in [0.3, 0.4) is 0 Å². The van der Waals surface area contributed by atoms with Gasteiger partial charge in [-0.3, -0.25) is 14.5 Å². The van der Waals surface area contributed by atoms with Crippen molar-refractivity contribution in [1.82, 2.24) is 19.9 Å². The van der Waals surface area contributed by atoms with Crippen LogP contribution in [0.1, 0.15) is 12.7 Å². The van der Waals surface area contributed by atoms with Gasteiger partial charge in [-0.15, -0.1) is 0 Å². The Morgan fingerprint density at radius 3 is 2.85 bits per heavy atom. The number of amides is 1. The Hall–Kier alpha value is -2.77. The molecule has 0 aliphatic rings. The first-order valence-corrected chi connectivity index (χ1v) is 8.55. The molecule has 2 N–H and O–H groups in total. The second-order valence-corrected chi connectivity index (χ2v) is 6.08. The van der Waals surface area contributed by atoms with Crippen LogP contribution in [0.25, 0.3) is 10.9 Å². The number of halogens is 1. The maximum absolute atomic E-state index is 12.3. The van der Waals surface area contributed by atoms with Gasteiger partial charge in [0.05, 0.1) is 29.7 Å². The van der Waals surface area contributed by atoms with Gasteiger partial charge in [-0.1, -0.05) is 30.7 Å². The smallest absolute Gasteiger partial charge is 0.258 e. The lowest BCUT2D eigenvalue weighted by Crippen LogP contribution is -2.34. The Labute approximate surface area is 155 Å². The van der Waals surface area contributed by atoms with Crippen LogP contribution in [0, 0.1) is 0 Å². The number of carbonyl (C=O) groups is 1. The van der Waals surface area contributed by atoms with Crippen molar-refractivity contribution in [3.63, 3.8) is 0 Å². The molecule has 26 heavy (non-hydrogen) atoms. The molecule has 0 atom stereocenters. The van der Waals surface area contributed by atoms with Gasteiger partial charge in [0.15, 0.2) is 5.15 Å². The van der Waals surface area contributed by atoms with Crippen molar-refractivity contribution in [3.8, 4) is 0 Å². The van der Waals surface area contributed by atoms with E-state index in [1.807, 2.05) is 17.9 Å². The number of rotatable bonds is 6. The Balaban J connectivity index is 1.70. The predicted octanol–water partition coefficient (Wildman–Crippen LogP) is 2.43. The molecule has 7 nitrogen and oxygen atoms in total. The van der Waals surface area contributed by atoms with Gasteiger partial charge in [0.2, 0.25) is 5.91 Å². The van der Waals surface area contributed by atoms with Crippen molar-refractivity contribution in [2.75, 3.05) is 18.4 Å². The van der Waals surface area contributed by atoms with E-state index in [0.29, 0.717) is 35.5 Å². The number of carbonyl (C=O) groups excluding carboxylic acids is 1. The van der Waals surface area contributed by atoms with Crippen molar-refractivity contribution in [3.05, 3.63) is 63.9 Å². The lowest BCUT2D eigenvalue weighted by molar-refractivity contribution is -0.117. The third-order valence-corrected chi connectivity index (χ3v) is 4.18. The molecule has 0 aliphatic heterocycles. The number of hydrogen-bond acceptors (Lipinski definition) is 5. The number of aromatic nitrogens is 3. The maximum Gasteiger partial charge on any atom is 0.258 e. The molecule has 0 aliphatic carbocycles. The topological polar surface area (TPSA) is 91.0 Å². The summed E-state index contributed by atoms with van der Waals surface area (Å²) < 4.78 is 0. The van der Waals surface area contributed by atoms with E-state index in [0.717, 1.165) is 0 Å². The zero-order chi connectivity index (χ0) is 18.5. The summed E-state index contributed by atoms with van der Waals surface area (Å²) in [6.45, 7) is 3.04. The van der Waals surface area contributed by atoms with Crippen molar-refractivity contribution < 1.29 is 4.79 Å². The summed E-state index contributed by atoms with van der Waals surface area (Å²) in [5.41, 5.74) is 0.912. The molecular formula is C18H18ClN5O2. The fourth-order valence-electron chi connectivity index (χ4n) is 2.57. The quantitative estimate of drug-likeness (QED) is 0.649. The Morgan fingerprint density at radius 1 is 1.27 bits per heavy atom. The highest BCUT2D eigenvalue weighted by molar-refractivity contribution is 6.32. The average molecular weight is 372 g/mol. The van der Waals surface area contributed by atoms with Gasteiger partial charge < -0.3 is 10.3 Å². The highest BCUT2D eigenvalue weighted by atomic mass is 35.5. The number of aromatic amines is 1. The lowest BCUT2D eigenvalue weighted by atomic mass is 10.2. The summed E-state index contributed by atoms with van der Waals surface area (Å²) in [6.07, 6.45) is 1.55. The summed E-state index contributed by atoms with van der Waals surface area (Å²) >= 11 is 5.95. The number of nitrogens with zero attached hydrogens (tertiary/aromatic N) is 3. The summed E-state index contributed by atoms with van der Waals surface area (Å²) in [5.74, 6) is 0.299. The number of H-pyrrole nitrogens is 1. The largest absolute Gasteiger partial charge is 0.322 e. The highest BCUT2D eigenvalue weighted by Crippen LogP contribution is 2.17. The Bertz CT molecular complexity index is 988. The standard InChI is InChI=1S/C18H18ClN5O2/c1-2-24(11-16(25)22-14-8-5-9-20-17(14)19)10-15-21-13-7-4-3-6-12(13)18(26)23-15/h3-9H,2,10-11H2,1H3,(H,22,25)(H,21,23,26). The van der Waals surface area contributed by atoms with Crippen molar-refractivity contribution in [1.29, 1.82) is 0 Å². The molecule has 0 radical (unpaired) electrons. The molecule has 0 saturated heterocycles. The monoisotopic (exact) mass is 371 g/mol. The van der Waals surface area contributed by atoms with Crippen molar-refractivity contribution in [2.45, 2.75) is 13.5 Å². The van der Waals surface area contributed by atoms with Crippen LogP contribution in [0.15, 0.2) is 47.4 Å². The highest BCUT2D eigenvalue weighted by Gasteiger charge is 2.13. The maximum atomic E-state index is 12.3. The van der Waals surface area contributed by atoms with Crippen LogP contribution in [0.4, 0.5) is 5.69 Å². The molecule has 0 saturated carbocycles. The molecule has 3 rings (SSSR count). The van der Waals surface area contributed by atoms with Gasteiger partial charge in [0, 0.05) is 6.20 Å². The van der Waals surface area contributed by atoms with Crippen LogP contribution in [-0.2, 0) is 11.3 Å². The van der Waals surface area contributed by atoms with Crippen LogP contribution in [0.2, 0.25) is 5.15 Å². The lowest BCUT2D eigenvalue weighted by Gasteiger charge is -2.19. The minimum Gasteiger partial charge on any atom is -0.322 e. The molecule has 3 aromatic rings. The second kappa shape index (κ2) is 8.07. The molecule has 1 amide bonds. The fourth-order valence-corrected chi connectivity index (χ4v) is 2.74. The molecule has 8 heteroatoms. The Morgan fingerprint density at radius 2 is 2.08 bits per heavy atom. The molecule has 2 aromatic heterocycles. The average Bonchev–Trinajstić information content (AvgIpc) is 2.63. The summed E-state index contributed by atoms with van der Waals surface area (Å²) in [4.78, 5) is 37.5. The first-order chi connectivity index (χ1) is 12.6. The number of hydrogen-bond donors (Lipinski definition) is 2. The molecular weight excluding hydrogens is 354 g/mol. The van der Waals surface area contributed by atoms with Crippen molar-refractivity contribution >= 4 is 34.1 Å². The minimum absolute atomic E-state index is 0.137. The van der Waals surface area contributed by atoms with Crippen LogP contribution >= 0.6 is 11.6 Å². The molecule has 0 unspecified atom stereocenters. The zero-order valence-corrected chi connectivity index (χ0v) is 15.0. The van der Waals surface area contributed by atoms with Crippen LogP contribution in [-0.4, -0.2) is 38.8 Å². The van der Waals surface area contributed by atoms with Gasteiger partial charge in [-0.25, -0.2) is 9.97 Å². The number of nitrogens with one attached hydrogen (secondary N) is 2. The van der Waals surface area contributed by atoms with Crippen molar-refractivity contribution in [2.24, 2.45) is 0 Å². The number of benzene rings is 1. The Kier molecular flexibility index (Phi) is 5.60. The van der Waals surface area contributed by atoms with E-state index in [1.165, 1.54) is 0 Å². The number of anilines is 1. The first-order valence-electron chi connectivity index (χ1n) is 8.17. The first kappa shape index (κ1) is 18.0. The van der Waals surface area contributed by atoms with E-state index in [-0.39, 0.29) is 23.2 Å². The van der Waals surface area contributed by atoms with Crippen LogP contribution < -0.4 is 10.9 Å². The van der Waals surface area contributed by atoms with E-state index < -0.39 is 0 Å².